The summed E-state index contributed by atoms with van der Waals surface area (Å²) in [6.45, 7) is 4.10. The van der Waals surface area contributed by atoms with E-state index in [1.807, 2.05) is 6.92 Å². The van der Waals surface area contributed by atoms with Gasteiger partial charge in [0.1, 0.15) is 16.8 Å². The molecule has 0 atom stereocenters. The number of hydrogen-bond acceptors (Lipinski definition) is 6. The van der Waals surface area contributed by atoms with Gasteiger partial charge >= 0.3 is 0 Å². The van der Waals surface area contributed by atoms with E-state index >= 15 is 0 Å². The molecule has 1 aliphatic carbocycles. The summed E-state index contributed by atoms with van der Waals surface area (Å²) >= 11 is 6.14. The molecule has 0 aliphatic heterocycles. The van der Waals surface area contributed by atoms with Crippen molar-refractivity contribution < 1.29 is 4.52 Å². The summed E-state index contributed by atoms with van der Waals surface area (Å²) < 4.78 is 4.92. The number of nitrogens with zero attached hydrogens (tertiary/aromatic N) is 4. The van der Waals surface area contributed by atoms with Gasteiger partial charge in [0, 0.05) is 18.4 Å². The number of aromatic nitrogens is 4. The van der Waals surface area contributed by atoms with Gasteiger partial charge in [0.05, 0.1) is 6.54 Å². The predicted molar refractivity (Wildman–Crippen MR) is 70.1 cm³/mol. The highest BCUT2D eigenvalue weighted by molar-refractivity contribution is 6.30. The summed E-state index contributed by atoms with van der Waals surface area (Å²) in [5.41, 5.74) is 0.839. The monoisotopic (exact) mass is 279 g/mol. The Morgan fingerprint density at radius 2 is 2.05 bits per heavy atom. The summed E-state index contributed by atoms with van der Waals surface area (Å²) in [5, 5.41) is 7.52. The SMILES string of the molecule is Cc1nc(CNc2nc(C3CC3)nc(Cl)c2C)no1. The molecule has 6 nitrogen and oxygen atoms in total. The van der Waals surface area contributed by atoms with E-state index in [0.29, 0.717) is 29.3 Å². The normalized spacial score (nSPS) is 14.7. The van der Waals surface area contributed by atoms with Crippen molar-refractivity contribution in [3.63, 3.8) is 0 Å². The zero-order valence-corrected chi connectivity index (χ0v) is 11.5. The Morgan fingerprint density at radius 1 is 1.26 bits per heavy atom. The van der Waals surface area contributed by atoms with Crippen molar-refractivity contribution in [3.8, 4) is 0 Å². The fourth-order valence-corrected chi connectivity index (χ4v) is 1.95. The largest absolute Gasteiger partial charge is 0.362 e. The van der Waals surface area contributed by atoms with E-state index in [0.717, 1.165) is 30.0 Å². The van der Waals surface area contributed by atoms with Crippen molar-refractivity contribution in [1.82, 2.24) is 20.1 Å². The number of rotatable bonds is 4. The van der Waals surface area contributed by atoms with Gasteiger partial charge in [0.25, 0.3) is 0 Å². The molecule has 100 valence electrons. The molecule has 19 heavy (non-hydrogen) atoms. The average molecular weight is 280 g/mol. The zero-order valence-electron chi connectivity index (χ0n) is 10.8. The number of anilines is 1. The van der Waals surface area contributed by atoms with Crippen LogP contribution in [-0.2, 0) is 6.54 Å². The lowest BCUT2D eigenvalue weighted by Crippen LogP contribution is -2.08. The molecule has 0 saturated heterocycles. The lowest BCUT2D eigenvalue weighted by atomic mass is 10.3. The number of hydrogen-bond donors (Lipinski definition) is 1. The first-order valence-corrected chi connectivity index (χ1v) is 6.58. The molecule has 1 fully saturated rings. The Kier molecular flexibility index (Phi) is 3.10. The summed E-state index contributed by atoms with van der Waals surface area (Å²) in [6, 6.07) is 0. The molecule has 1 saturated carbocycles. The molecule has 1 aliphatic rings. The van der Waals surface area contributed by atoms with Crippen molar-refractivity contribution in [2.45, 2.75) is 39.2 Å². The molecule has 2 aromatic rings. The van der Waals surface area contributed by atoms with Crippen molar-refractivity contribution >= 4 is 17.4 Å². The molecule has 0 radical (unpaired) electrons. The van der Waals surface area contributed by atoms with Gasteiger partial charge in [-0.15, -0.1) is 0 Å². The van der Waals surface area contributed by atoms with E-state index < -0.39 is 0 Å². The first-order valence-electron chi connectivity index (χ1n) is 6.20. The summed E-state index contributed by atoms with van der Waals surface area (Å²) in [6.07, 6.45) is 2.28. The molecule has 0 spiro atoms. The molecule has 0 bridgehead atoms. The maximum Gasteiger partial charge on any atom is 0.223 e. The highest BCUT2D eigenvalue weighted by Crippen LogP contribution is 2.39. The molecule has 0 aromatic carbocycles. The van der Waals surface area contributed by atoms with Gasteiger partial charge in [0.15, 0.2) is 5.82 Å². The highest BCUT2D eigenvalue weighted by atomic mass is 35.5. The van der Waals surface area contributed by atoms with E-state index in [4.69, 9.17) is 16.1 Å². The lowest BCUT2D eigenvalue weighted by Gasteiger charge is -2.09. The van der Waals surface area contributed by atoms with Gasteiger partial charge in [-0.1, -0.05) is 16.8 Å². The first-order chi connectivity index (χ1) is 9.13. The molecular weight excluding hydrogens is 266 g/mol. The lowest BCUT2D eigenvalue weighted by molar-refractivity contribution is 0.388. The van der Waals surface area contributed by atoms with Crippen LogP contribution in [0.15, 0.2) is 4.52 Å². The topological polar surface area (TPSA) is 76.7 Å². The average Bonchev–Trinajstić information content (AvgIpc) is 3.15. The minimum atomic E-state index is 0.454. The van der Waals surface area contributed by atoms with Crippen LogP contribution in [-0.4, -0.2) is 20.1 Å². The van der Waals surface area contributed by atoms with Gasteiger partial charge < -0.3 is 9.84 Å². The van der Waals surface area contributed by atoms with Crippen LogP contribution >= 0.6 is 11.6 Å². The van der Waals surface area contributed by atoms with E-state index in [2.05, 4.69) is 25.4 Å². The first kappa shape index (κ1) is 12.3. The van der Waals surface area contributed by atoms with Crippen LogP contribution in [0.2, 0.25) is 5.15 Å². The van der Waals surface area contributed by atoms with Gasteiger partial charge in [-0.2, -0.15) is 4.98 Å². The predicted octanol–water partition coefficient (Wildman–Crippen LogP) is 2.62. The van der Waals surface area contributed by atoms with Crippen molar-refractivity contribution in [1.29, 1.82) is 0 Å². The third-order valence-corrected chi connectivity index (χ3v) is 3.40. The molecule has 2 heterocycles. The summed E-state index contributed by atoms with van der Waals surface area (Å²) in [7, 11) is 0. The van der Waals surface area contributed by atoms with Crippen molar-refractivity contribution in [2.24, 2.45) is 0 Å². The van der Waals surface area contributed by atoms with E-state index in [1.54, 1.807) is 6.92 Å². The summed E-state index contributed by atoms with van der Waals surface area (Å²) in [5.74, 6) is 3.17. The van der Waals surface area contributed by atoms with Crippen LogP contribution in [0.25, 0.3) is 0 Å². The maximum absolute atomic E-state index is 6.14. The Hall–Kier alpha value is -1.69. The second-order valence-corrected chi connectivity index (χ2v) is 5.06. The number of nitrogens with one attached hydrogen (secondary N) is 1. The standard InChI is InChI=1S/C12H14ClN5O/c1-6-10(13)16-12(8-3-4-8)17-11(6)14-5-9-15-7(2)19-18-9/h8H,3-5H2,1-2H3,(H,14,16,17). The van der Waals surface area contributed by atoms with Crippen LogP contribution < -0.4 is 5.32 Å². The van der Waals surface area contributed by atoms with Gasteiger partial charge in [-0.05, 0) is 19.8 Å². The van der Waals surface area contributed by atoms with Crippen LogP contribution in [0.5, 0.6) is 0 Å². The second-order valence-electron chi connectivity index (χ2n) is 4.70. The number of halogens is 1. The van der Waals surface area contributed by atoms with Gasteiger partial charge in [-0.3, -0.25) is 0 Å². The zero-order chi connectivity index (χ0) is 13.4. The Balaban J connectivity index is 1.79. The van der Waals surface area contributed by atoms with Crippen molar-refractivity contribution in [2.75, 3.05) is 5.32 Å². The fourth-order valence-electron chi connectivity index (χ4n) is 1.78. The third-order valence-electron chi connectivity index (χ3n) is 3.03. The van der Waals surface area contributed by atoms with Gasteiger partial charge in [0.2, 0.25) is 5.89 Å². The molecule has 0 unspecified atom stereocenters. The molecule has 7 heteroatoms. The van der Waals surface area contributed by atoms with Crippen LogP contribution in [0, 0.1) is 13.8 Å². The van der Waals surface area contributed by atoms with Crippen LogP contribution in [0.1, 0.15) is 41.9 Å². The second kappa shape index (κ2) is 4.77. The van der Waals surface area contributed by atoms with Crippen LogP contribution in [0.3, 0.4) is 0 Å². The number of aryl methyl sites for hydroxylation is 1. The van der Waals surface area contributed by atoms with Gasteiger partial charge in [-0.25, -0.2) is 9.97 Å². The Bertz CT molecular complexity index is 608. The minimum absolute atomic E-state index is 0.454. The Morgan fingerprint density at radius 3 is 2.68 bits per heavy atom. The molecule has 3 rings (SSSR count). The fraction of sp³-hybridized carbons (Fsp3) is 0.500. The van der Waals surface area contributed by atoms with E-state index in [1.165, 1.54) is 0 Å². The highest BCUT2D eigenvalue weighted by Gasteiger charge is 2.28. The summed E-state index contributed by atoms with van der Waals surface area (Å²) in [4.78, 5) is 13.0. The molecule has 2 aromatic heterocycles. The third kappa shape index (κ3) is 2.68. The minimum Gasteiger partial charge on any atom is -0.362 e. The van der Waals surface area contributed by atoms with Crippen molar-refractivity contribution in [3.05, 3.63) is 28.3 Å². The molecule has 0 amide bonds. The smallest absolute Gasteiger partial charge is 0.223 e. The van der Waals surface area contributed by atoms with Crippen LogP contribution in [0.4, 0.5) is 5.82 Å². The quantitative estimate of drug-likeness (QED) is 0.867. The Labute approximate surface area is 115 Å². The molecular formula is C12H14ClN5O. The maximum atomic E-state index is 6.14. The molecule has 1 N–H and O–H groups in total. The van der Waals surface area contributed by atoms with E-state index in [9.17, 15) is 0 Å². The van der Waals surface area contributed by atoms with E-state index in [-0.39, 0.29) is 0 Å².